The molecule has 1 aromatic carbocycles. The number of hydrogen-bond donors (Lipinski definition) is 1. The van der Waals surface area contributed by atoms with Gasteiger partial charge in [-0.2, -0.15) is 0 Å². The smallest absolute Gasteiger partial charge is 0.269 e. The molecule has 1 spiro atoms. The van der Waals surface area contributed by atoms with Crippen molar-refractivity contribution in [3.8, 4) is 0 Å². The maximum Gasteiger partial charge on any atom is 0.269 e. The van der Waals surface area contributed by atoms with E-state index in [0.29, 0.717) is 30.5 Å². The molecule has 5 nitrogen and oxygen atoms in total. The molecule has 0 aliphatic carbocycles. The molecule has 2 heterocycles. The lowest BCUT2D eigenvalue weighted by molar-refractivity contribution is -0.115. The molecule has 3 rings (SSSR count). The number of nitrogens with one attached hydrogen (secondary N) is 1. The third kappa shape index (κ3) is 4.44. The molecule has 0 bridgehead atoms. The number of likely N-dealkylation sites (tertiary alicyclic amines) is 1. The quantitative estimate of drug-likeness (QED) is 0.850. The molecule has 0 radical (unpaired) electrons. The summed E-state index contributed by atoms with van der Waals surface area (Å²) in [6.45, 7) is 12.0. The molecule has 2 aliphatic rings. The fourth-order valence-electron chi connectivity index (χ4n) is 3.59. The predicted octanol–water partition coefficient (Wildman–Crippen LogP) is 3.30. The highest BCUT2D eigenvalue weighted by atomic mass is 16.7. The number of benzene rings is 1. The van der Waals surface area contributed by atoms with E-state index in [9.17, 15) is 4.79 Å². The monoisotopic (exact) mass is 357 g/mol. The van der Waals surface area contributed by atoms with Crippen LogP contribution in [0.2, 0.25) is 0 Å². The summed E-state index contributed by atoms with van der Waals surface area (Å²) in [4.78, 5) is 20.4. The van der Waals surface area contributed by atoms with Crippen molar-refractivity contribution in [1.29, 1.82) is 0 Å². The molecule has 26 heavy (non-hydrogen) atoms. The lowest BCUT2D eigenvalue weighted by Crippen LogP contribution is -2.37. The van der Waals surface area contributed by atoms with Gasteiger partial charge in [-0.1, -0.05) is 57.1 Å². The van der Waals surface area contributed by atoms with Crippen LogP contribution in [0.15, 0.2) is 29.4 Å². The molecule has 1 N–H and O–H groups in total. The first-order valence-electron chi connectivity index (χ1n) is 9.71. The Morgan fingerprint density at radius 2 is 2.00 bits per heavy atom. The second kappa shape index (κ2) is 7.78. The van der Waals surface area contributed by atoms with E-state index in [2.05, 4.69) is 67.3 Å². The molecule has 1 amide bonds. The van der Waals surface area contributed by atoms with Crippen molar-refractivity contribution < 1.29 is 9.63 Å². The third-order valence-electron chi connectivity index (χ3n) is 5.22. The van der Waals surface area contributed by atoms with Crippen LogP contribution in [0.25, 0.3) is 0 Å². The normalized spacial score (nSPS) is 22.9. The predicted molar refractivity (Wildman–Crippen MR) is 104 cm³/mol. The third-order valence-corrected chi connectivity index (χ3v) is 5.22. The van der Waals surface area contributed by atoms with Crippen molar-refractivity contribution in [2.75, 3.05) is 19.6 Å². The minimum atomic E-state index is -0.317. The van der Waals surface area contributed by atoms with Crippen LogP contribution in [0, 0.1) is 5.92 Å². The van der Waals surface area contributed by atoms with Crippen molar-refractivity contribution in [2.45, 2.75) is 58.6 Å². The summed E-state index contributed by atoms with van der Waals surface area (Å²) in [6, 6.07) is 8.88. The van der Waals surface area contributed by atoms with Gasteiger partial charge in [-0.05, 0) is 23.0 Å². The van der Waals surface area contributed by atoms with Crippen LogP contribution >= 0.6 is 0 Å². The number of rotatable bonds is 6. The highest BCUT2D eigenvalue weighted by molar-refractivity contribution is 6.39. The molecule has 1 atom stereocenters. The summed E-state index contributed by atoms with van der Waals surface area (Å²) in [6.07, 6.45) is 1.53. The number of oxime groups is 1. The summed E-state index contributed by atoms with van der Waals surface area (Å²) < 4.78 is 0. The molecule has 1 fully saturated rings. The van der Waals surface area contributed by atoms with Crippen molar-refractivity contribution in [3.05, 3.63) is 35.4 Å². The molecule has 0 unspecified atom stereocenters. The van der Waals surface area contributed by atoms with Gasteiger partial charge in [-0.3, -0.25) is 9.69 Å². The Bertz CT molecular complexity index is 666. The van der Waals surface area contributed by atoms with Crippen LogP contribution in [0.1, 0.15) is 57.6 Å². The van der Waals surface area contributed by atoms with E-state index in [0.717, 1.165) is 26.1 Å². The van der Waals surface area contributed by atoms with Crippen LogP contribution in [-0.2, 0) is 16.2 Å². The van der Waals surface area contributed by atoms with E-state index in [1.54, 1.807) is 0 Å². The second-order valence-corrected chi connectivity index (χ2v) is 8.45. The average Bonchev–Trinajstić information content (AvgIpc) is 3.20. The van der Waals surface area contributed by atoms with E-state index in [4.69, 9.17) is 4.84 Å². The van der Waals surface area contributed by atoms with E-state index >= 15 is 0 Å². The van der Waals surface area contributed by atoms with Gasteiger partial charge in [-0.15, -0.1) is 0 Å². The SMILES string of the molecule is CC(C)CNC(=O)C1=NO[C@@]2(CCN(Cc3ccc(C(C)C)cc3)C2)C1. The van der Waals surface area contributed by atoms with Crippen molar-refractivity contribution >= 4 is 11.6 Å². The van der Waals surface area contributed by atoms with E-state index < -0.39 is 0 Å². The fourth-order valence-corrected chi connectivity index (χ4v) is 3.59. The van der Waals surface area contributed by atoms with Gasteiger partial charge in [0.2, 0.25) is 0 Å². The van der Waals surface area contributed by atoms with Gasteiger partial charge in [0.1, 0.15) is 5.71 Å². The zero-order chi connectivity index (χ0) is 18.7. The average molecular weight is 357 g/mol. The maximum absolute atomic E-state index is 12.2. The minimum Gasteiger partial charge on any atom is -0.387 e. The van der Waals surface area contributed by atoms with Gasteiger partial charge in [0.15, 0.2) is 5.60 Å². The van der Waals surface area contributed by atoms with Gasteiger partial charge in [0, 0.05) is 39.0 Å². The number of nitrogens with zero attached hydrogens (tertiary/aromatic N) is 2. The summed E-state index contributed by atoms with van der Waals surface area (Å²) >= 11 is 0. The summed E-state index contributed by atoms with van der Waals surface area (Å²) in [5, 5.41) is 7.03. The van der Waals surface area contributed by atoms with E-state index in [1.165, 1.54) is 11.1 Å². The van der Waals surface area contributed by atoms with Gasteiger partial charge < -0.3 is 10.2 Å². The Balaban J connectivity index is 1.52. The second-order valence-electron chi connectivity index (χ2n) is 8.45. The molecule has 0 aromatic heterocycles. The summed E-state index contributed by atoms with van der Waals surface area (Å²) in [5.74, 6) is 0.904. The summed E-state index contributed by atoms with van der Waals surface area (Å²) in [5.41, 5.74) is 2.91. The first kappa shape index (κ1) is 18.9. The van der Waals surface area contributed by atoms with E-state index in [-0.39, 0.29) is 11.5 Å². The van der Waals surface area contributed by atoms with Crippen molar-refractivity contribution in [1.82, 2.24) is 10.2 Å². The molecule has 0 saturated carbocycles. The molecule has 1 saturated heterocycles. The number of hydrogen-bond acceptors (Lipinski definition) is 4. The largest absolute Gasteiger partial charge is 0.387 e. The Morgan fingerprint density at radius 1 is 1.27 bits per heavy atom. The highest BCUT2D eigenvalue weighted by Gasteiger charge is 2.46. The molecule has 142 valence electrons. The topological polar surface area (TPSA) is 53.9 Å². The number of carbonyl (C=O) groups excluding carboxylic acids is 1. The van der Waals surface area contributed by atoms with Crippen LogP contribution in [0.3, 0.4) is 0 Å². The number of carbonyl (C=O) groups is 1. The maximum atomic E-state index is 12.2. The Kier molecular flexibility index (Phi) is 5.66. The minimum absolute atomic E-state index is 0.0849. The van der Waals surface area contributed by atoms with Crippen molar-refractivity contribution in [2.24, 2.45) is 11.1 Å². The van der Waals surface area contributed by atoms with Gasteiger partial charge >= 0.3 is 0 Å². The van der Waals surface area contributed by atoms with Gasteiger partial charge in [0.25, 0.3) is 5.91 Å². The zero-order valence-corrected chi connectivity index (χ0v) is 16.4. The lowest BCUT2D eigenvalue weighted by Gasteiger charge is -2.22. The summed E-state index contributed by atoms with van der Waals surface area (Å²) in [7, 11) is 0. The van der Waals surface area contributed by atoms with Crippen LogP contribution in [0.4, 0.5) is 0 Å². The zero-order valence-electron chi connectivity index (χ0n) is 16.4. The van der Waals surface area contributed by atoms with Crippen LogP contribution in [0.5, 0.6) is 0 Å². The Hall–Kier alpha value is -1.88. The van der Waals surface area contributed by atoms with Gasteiger partial charge in [0.05, 0.1) is 0 Å². The standard InChI is InChI=1S/C21H31N3O2/c1-15(2)12-22-20(25)19-11-21(26-23-19)9-10-24(14-21)13-17-5-7-18(8-6-17)16(3)4/h5-8,15-16H,9-14H2,1-4H3,(H,22,25)/t21-/m0/s1. The Labute approximate surface area is 156 Å². The van der Waals surface area contributed by atoms with Crippen LogP contribution < -0.4 is 5.32 Å². The number of amides is 1. The first-order valence-corrected chi connectivity index (χ1v) is 9.71. The lowest BCUT2D eigenvalue weighted by atomic mass is 9.96. The highest BCUT2D eigenvalue weighted by Crippen LogP contribution is 2.34. The van der Waals surface area contributed by atoms with E-state index in [1.807, 2.05) is 0 Å². The first-order chi connectivity index (χ1) is 12.4. The fraction of sp³-hybridized carbons (Fsp3) is 0.619. The van der Waals surface area contributed by atoms with Crippen LogP contribution in [-0.4, -0.2) is 41.8 Å². The molecular formula is C21H31N3O2. The molecule has 5 heteroatoms. The molecular weight excluding hydrogens is 326 g/mol. The van der Waals surface area contributed by atoms with Crippen molar-refractivity contribution in [3.63, 3.8) is 0 Å². The van der Waals surface area contributed by atoms with Gasteiger partial charge in [-0.25, -0.2) is 0 Å². The Morgan fingerprint density at radius 3 is 2.65 bits per heavy atom. The molecule has 1 aromatic rings. The molecule has 2 aliphatic heterocycles.